The zero-order valence-corrected chi connectivity index (χ0v) is 18.5. The van der Waals surface area contributed by atoms with Gasteiger partial charge in [0.2, 0.25) is 0 Å². The molecule has 0 aliphatic carbocycles. The van der Waals surface area contributed by atoms with E-state index in [4.69, 9.17) is 19.1 Å². The van der Waals surface area contributed by atoms with E-state index in [1.165, 1.54) is 0 Å². The third-order valence-corrected chi connectivity index (χ3v) is 4.96. The molecule has 0 saturated carbocycles. The van der Waals surface area contributed by atoms with Crippen LogP contribution in [0.2, 0.25) is 0 Å². The van der Waals surface area contributed by atoms with Crippen molar-refractivity contribution >= 4 is 6.47 Å². The van der Waals surface area contributed by atoms with Gasteiger partial charge in [-0.1, -0.05) is 12.1 Å². The largest absolute Gasteiger partial charge is 0.491 e. The zero-order chi connectivity index (χ0) is 23.6. The topological polar surface area (TPSA) is 86.4 Å². The third-order valence-electron chi connectivity index (χ3n) is 4.96. The summed E-state index contributed by atoms with van der Waals surface area (Å²) >= 11 is 0. The molecule has 178 valence electrons. The van der Waals surface area contributed by atoms with Crippen LogP contribution in [0.5, 0.6) is 5.75 Å². The molecular formula is C23H32F2N2O5. The maximum absolute atomic E-state index is 13.5. The van der Waals surface area contributed by atoms with Gasteiger partial charge in [0.15, 0.2) is 0 Å². The van der Waals surface area contributed by atoms with Crippen LogP contribution < -0.4 is 4.74 Å². The number of carbonyl (C=O) groups is 1. The lowest BCUT2D eigenvalue weighted by Gasteiger charge is -2.33. The van der Waals surface area contributed by atoms with Crippen LogP contribution in [-0.4, -0.2) is 71.8 Å². The van der Waals surface area contributed by atoms with Gasteiger partial charge in [-0.3, -0.25) is 14.6 Å². The first-order valence-electron chi connectivity index (χ1n) is 10.5. The zero-order valence-electron chi connectivity index (χ0n) is 18.5. The molecule has 2 N–H and O–H groups in total. The van der Waals surface area contributed by atoms with Gasteiger partial charge in [0.1, 0.15) is 30.0 Å². The molecule has 1 fully saturated rings. The summed E-state index contributed by atoms with van der Waals surface area (Å²) in [6.07, 6.45) is -0.428. The van der Waals surface area contributed by atoms with Gasteiger partial charge in [-0.2, -0.15) is 0 Å². The Morgan fingerprint density at radius 2 is 2.06 bits per heavy atom. The molecule has 0 spiro atoms. The molecule has 1 aliphatic rings. The van der Waals surface area contributed by atoms with Crippen molar-refractivity contribution in [1.29, 1.82) is 0 Å². The smallest absolute Gasteiger partial charge is 0.290 e. The number of furan rings is 1. The maximum atomic E-state index is 13.5. The number of nitrogens with zero attached hydrogens (tertiary/aromatic N) is 2. The van der Waals surface area contributed by atoms with Crippen LogP contribution in [0.25, 0.3) is 0 Å². The average Bonchev–Trinajstić information content (AvgIpc) is 3.11. The Bertz CT molecular complexity index is 830. The molecule has 32 heavy (non-hydrogen) atoms. The molecule has 1 atom stereocenters. The highest BCUT2D eigenvalue weighted by molar-refractivity contribution is 5.32. The van der Waals surface area contributed by atoms with Gasteiger partial charge in [-0.15, -0.1) is 0 Å². The number of halogens is 2. The van der Waals surface area contributed by atoms with Crippen LogP contribution in [0.3, 0.4) is 0 Å². The summed E-state index contributed by atoms with van der Waals surface area (Å²) in [6, 6.07) is 11.6. The summed E-state index contributed by atoms with van der Waals surface area (Å²) in [6.45, 7) is 3.67. The molecule has 7 nitrogen and oxygen atoms in total. The number of alkyl halides is 2. The normalized spacial score (nSPS) is 16.8. The molecule has 0 amide bonds. The van der Waals surface area contributed by atoms with E-state index in [9.17, 15) is 13.9 Å². The van der Waals surface area contributed by atoms with Gasteiger partial charge >= 0.3 is 0 Å². The summed E-state index contributed by atoms with van der Waals surface area (Å²) in [4.78, 5) is 12.1. The fourth-order valence-electron chi connectivity index (χ4n) is 3.68. The Balaban J connectivity index is 0.00000114. The number of likely N-dealkylation sites (tertiary alicyclic amines) is 1. The molecule has 0 radical (unpaired) electrons. The number of benzene rings is 1. The Morgan fingerprint density at radius 3 is 2.72 bits per heavy atom. The number of ether oxygens (including phenoxy) is 1. The van der Waals surface area contributed by atoms with Crippen LogP contribution in [-0.2, 0) is 17.9 Å². The second-order valence-corrected chi connectivity index (χ2v) is 8.10. The fourth-order valence-corrected chi connectivity index (χ4v) is 3.68. The van der Waals surface area contributed by atoms with E-state index in [2.05, 4.69) is 4.90 Å². The number of carboxylic acid groups (broad SMARTS) is 1. The third kappa shape index (κ3) is 9.33. The first-order valence-corrected chi connectivity index (χ1v) is 10.5. The summed E-state index contributed by atoms with van der Waals surface area (Å²) in [5.74, 6) is -0.180. The highest BCUT2D eigenvalue weighted by Gasteiger charge is 2.35. The number of aliphatic hydroxyl groups is 1. The summed E-state index contributed by atoms with van der Waals surface area (Å²) in [7, 11) is 2.02. The van der Waals surface area contributed by atoms with E-state index in [1.54, 1.807) is 4.90 Å². The van der Waals surface area contributed by atoms with Crippen molar-refractivity contribution in [2.24, 2.45) is 0 Å². The van der Waals surface area contributed by atoms with Crippen molar-refractivity contribution < 1.29 is 32.9 Å². The lowest BCUT2D eigenvalue weighted by Crippen LogP contribution is -2.46. The first kappa shape index (κ1) is 25.8. The number of hydrogen-bond donors (Lipinski definition) is 2. The Morgan fingerprint density at radius 1 is 1.31 bits per heavy atom. The van der Waals surface area contributed by atoms with Crippen LogP contribution in [0, 0.1) is 6.92 Å². The van der Waals surface area contributed by atoms with E-state index in [0.29, 0.717) is 25.3 Å². The van der Waals surface area contributed by atoms with Crippen molar-refractivity contribution in [1.82, 2.24) is 9.80 Å². The molecule has 1 aromatic heterocycles. The van der Waals surface area contributed by atoms with Crippen molar-refractivity contribution in [2.45, 2.75) is 44.9 Å². The molecule has 1 saturated heterocycles. The van der Waals surface area contributed by atoms with Crippen LogP contribution >= 0.6 is 0 Å². The Hall–Kier alpha value is -2.49. The second-order valence-electron chi connectivity index (χ2n) is 8.10. The molecule has 1 unspecified atom stereocenters. The van der Waals surface area contributed by atoms with E-state index in [-0.39, 0.29) is 32.6 Å². The van der Waals surface area contributed by atoms with Crippen LogP contribution in [0.15, 0.2) is 40.8 Å². The number of β-amino-alcohol motifs (C(OH)–C–C–N with tert-alkyl or cyclic N) is 1. The Labute approximate surface area is 187 Å². The number of piperidine rings is 1. The second kappa shape index (κ2) is 12.5. The fraction of sp³-hybridized carbons (Fsp3) is 0.522. The van der Waals surface area contributed by atoms with Crippen molar-refractivity contribution in [3.63, 3.8) is 0 Å². The van der Waals surface area contributed by atoms with Gasteiger partial charge in [-0.05, 0) is 56.8 Å². The average molecular weight is 455 g/mol. The lowest BCUT2D eigenvalue weighted by atomic mass is 10.1. The minimum absolute atomic E-state index is 0.0726. The quantitative estimate of drug-likeness (QED) is 0.562. The molecular weight excluding hydrogens is 422 g/mol. The predicted molar refractivity (Wildman–Crippen MR) is 116 cm³/mol. The van der Waals surface area contributed by atoms with E-state index in [0.717, 1.165) is 23.6 Å². The maximum Gasteiger partial charge on any atom is 0.290 e. The van der Waals surface area contributed by atoms with Gasteiger partial charge in [0.05, 0.1) is 13.1 Å². The lowest BCUT2D eigenvalue weighted by molar-refractivity contribution is -0.122. The van der Waals surface area contributed by atoms with Crippen LogP contribution in [0.1, 0.15) is 29.9 Å². The van der Waals surface area contributed by atoms with Gasteiger partial charge < -0.3 is 19.4 Å². The monoisotopic (exact) mass is 454 g/mol. The number of rotatable bonds is 9. The van der Waals surface area contributed by atoms with E-state index in [1.807, 2.05) is 50.4 Å². The van der Waals surface area contributed by atoms with Gasteiger partial charge in [0, 0.05) is 19.5 Å². The first-order chi connectivity index (χ1) is 15.2. The van der Waals surface area contributed by atoms with Crippen molar-refractivity contribution in [2.75, 3.05) is 33.3 Å². The van der Waals surface area contributed by atoms with E-state index >= 15 is 0 Å². The van der Waals surface area contributed by atoms with Crippen molar-refractivity contribution in [3.05, 3.63) is 53.5 Å². The molecule has 1 aliphatic heterocycles. The summed E-state index contributed by atoms with van der Waals surface area (Å²) in [5, 5.41) is 17.1. The summed E-state index contributed by atoms with van der Waals surface area (Å²) < 4.78 is 38.3. The minimum Gasteiger partial charge on any atom is -0.491 e. The number of hydrogen-bond acceptors (Lipinski definition) is 6. The van der Waals surface area contributed by atoms with E-state index < -0.39 is 12.0 Å². The van der Waals surface area contributed by atoms with Crippen molar-refractivity contribution in [3.8, 4) is 5.75 Å². The highest BCUT2D eigenvalue weighted by atomic mass is 19.3. The van der Waals surface area contributed by atoms with Gasteiger partial charge in [0.25, 0.3) is 12.4 Å². The minimum atomic E-state index is -2.66. The molecule has 2 heterocycles. The standard InChI is InChI=1S/C22H30F2N2O3.CH2O2/c1-17-7-8-21(29-17)14-25(2)12-18-5-3-6-20(11-18)28-15-19(27)13-26-10-4-9-22(23,24)16-26;2-1-3/h3,5-8,11,19,27H,4,9-10,12-16H2,1-2H3;1H,(H,2,3). The SMILES string of the molecule is Cc1ccc(CN(C)Cc2cccc(OCC(O)CN3CCCC(F)(F)C3)c2)o1.O=CO. The molecule has 1 aromatic carbocycles. The molecule has 3 rings (SSSR count). The molecule has 9 heteroatoms. The number of aliphatic hydroxyl groups excluding tert-OH is 1. The van der Waals surface area contributed by atoms with Crippen LogP contribution in [0.4, 0.5) is 8.78 Å². The highest BCUT2D eigenvalue weighted by Crippen LogP contribution is 2.26. The summed E-state index contributed by atoms with van der Waals surface area (Å²) in [5.41, 5.74) is 1.08. The molecule has 2 aromatic rings. The number of aryl methyl sites for hydroxylation is 1. The predicted octanol–water partition coefficient (Wildman–Crippen LogP) is 3.39. The molecule has 0 bridgehead atoms. The Kier molecular flexibility index (Phi) is 10.1. The van der Waals surface area contributed by atoms with Gasteiger partial charge in [-0.25, -0.2) is 8.78 Å².